The normalized spacial score (nSPS) is 11.0. The van der Waals surface area contributed by atoms with Gasteiger partial charge in [0.2, 0.25) is 0 Å². The Morgan fingerprint density at radius 1 is 1.12 bits per heavy atom. The third kappa shape index (κ3) is 5.27. The van der Waals surface area contributed by atoms with Crippen LogP contribution in [-0.4, -0.2) is 25.2 Å². The van der Waals surface area contributed by atoms with Crippen LogP contribution in [0.5, 0.6) is 0 Å². The molecule has 0 heterocycles. The molecule has 0 amide bonds. The molecule has 128 valence electrons. The molecular formula is C20H24O4. The second-order valence-corrected chi connectivity index (χ2v) is 5.24. The number of terminal acetylenes is 1. The monoisotopic (exact) mass is 328 g/mol. The average molecular weight is 328 g/mol. The van der Waals surface area contributed by atoms with Crippen LogP contribution in [0.1, 0.15) is 38.7 Å². The van der Waals surface area contributed by atoms with Gasteiger partial charge in [-0.15, -0.1) is 12.3 Å². The van der Waals surface area contributed by atoms with E-state index in [1.807, 2.05) is 36.4 Å². The van der Waals surface area contributed by atoms with E-state index in [0.29, 0.717) is 0 Å². The van der Waals surface area contributed by atoms with E-state index < -0.39 is 17.4 Å². The first kappa shape index (κ1) is 19.5. The SMILES string of the molecule is C#CCCC(C/C=C/c1ccccc1)(C(=O)OCC)C(=O)OCC. The number of esters is 2. The lowest BCUT2D eigenvalue weighted by molar-refractivity contribution is -0.172. The number of carbonyl (C=O) groups excluding carboxylic acids is 2. The zero-order valence-electron chi connectivity index (χ0n) is 14.3. The summed E-state index contributed by atoms with van der Waals surface area (Å²) in [6.07, 6.45) is 9.65. The van der Waals surface area contributed by atoms with Gasteiger partial charge in [-0.3, -0.25) is 9.59 Å². The van der Waals surface area contributed by atoms with Gasteiger partial charge in [-0.2, -0.15) is 0 Å². The van der Waals surface area contributed by atoms with Gasteiger partial charge in [0.25, 0.3) is 0 Å². The predicted molar refractivity (Wildman–Crippen MR) is 93.9 cm³/mol. The first-order valence-corrected chi connectivity index (χ1v) is 8.10. The maximum absolute atomic E-state index is 12.5. The van der Waals surface area contributed by atoms with Crippen LogP contribution in [0.3, 0.4) is 0 Å². The molecule has 0 aromatic heterocycles. The van der Waals surface area contributed by atoms with E-state index in [0.717, 1.165) is 5.56 Å². The third-order valence-electron chi connectivity index (χ3n) is 3.60. The molecule has 0 atom stereocenters. The highest BCUT2D eigenvalue weighted by molar-refractivity contribution is 6.00. The van der Waals surface area contributed by atoms with Crippen molar-refractivity contribution in [2.24, 2.45) is 5.41 Å². The Bertz CT molecular complexity index is 578. The van der Waals surface area contributed by atoms with Gasteiger partial charge in [-0.05, 0) is 32.3 Å². The van der Waals surface area contributed by atoms with Crippen LogP contribution < -0.4 is 0 Å². The number of rotatable bonds is 9. The van der Waals surface area contributed by atoms with E-state index in [9.17, 15) is 9.59 Å². The van der Waals surface area contributed by atoms with Gasteiger partial charge in [-0.25, -0.2) is 0 Å². The number of carbonyl (C=O) groups is 2. The molecule has 0 fully saturated rings. The second-order valence-electron chi connectivity index (χ2n) is 5.24. The molecule has 0 radical (unpaired) electrons. The van der Waals surface area contributed by atoms with Gasteiger partial charge in [0, 0.05) is 6.42 Å². The minimum atomic E-state index is -1.40. The molecule has 4 nitrogen and oxygen atoms in total. The van der Waals surface area contributed by atoms with Crippen molar-refractivity contribution in [3.05, 3.63) is 42.0 Å². The van der Waals surface area contributed by atoms with E-state index in [-0.39, 0.29) is 32.5 Å². The minimum Gasteiger partial charge on any atom is -0.465 e. The van der Waals surface area contributed by atoms with Gasteiger partial charge >= 0.3 is 11.9 Å². The fourth-order valence-corrected chi connectivity index (χ4v) is 2.34. The number of hydrogen-bond donors (Lipinski definition) is 0. The Morgan fingerprint density at radius 2 is 1.71 bits per heavy atom. The van der Waals surface area contributed by atoms with Crippen LogP contribution in [0.2, 0.25) is 0 Å². The summed E-state index contributed by atoms with van der Waals surface area (Å²) in [5.41, 5.74) is -0.417. The van der Waals surface area contributed by atoms with Crippen molar-refractivity contribution in [2.75, 3.05) is 13.2 Å². The van der Waals surface area contributed by atoms with Crippen molar-refractivity contribution in [1.29, 1.82) is 0 Å². The molecule has 0 saturated carbocycles. The maximum atomic E-state index is 12.5. The van der Waals surface area contributed by atoms with Crippen LogP contribution in [0.15, 0.2) is 36.4 Å². The Morgan fingerprint density at radius 3 is 2.21 bits per heavy atom. The van der Waals surface area contributed by atoms with E-state index >= 15 is 0 Å². The molecule has 1 aromatic rings. The molecule has 0 bridgehead atoms. The second kappa shape index (κ2) is 10.3. The molecule has 0 aliphatic rings. The van der Waals surface area contributed by atoms with Crippen LogP contribution in [0, 0.1) is 17.8 Å². The lowest BCUT2D eigenvalue weighted by Gasteiger charge is -2.27. The van der Waals surface area contributed by atoms with Crippen molar-refractivity contribution >= 4 is 18.0 Å². The third-order valence-corrected chi connectivity index (χ3v) is 3.60. The maximum Gasteiger partial charge on any atom is 0.323 e. The van der Waals surface area contributed by atoms with Crippen molar-refractivity contribution in [2.45, 2.75) is 33.1 Å². The molecule has 1 rings (SSSR count). The van der Waals surface area contributed by atoms with E-state index in [1.165, 1.54) is 0 Å². The number of benzene rings is 1. The summed E-state index contributed by atoms with van der Waals surface area (Å²) in [6, 6.07) is 9.64. The van der Waals surface area contributed by atoms with Gasteiger partial charge in [-0.1, -0.05) is 42.5 Å². The van der Waals surface area contributed by atoms with Gasteiger partial charge < -0.3 is 9.47 Å². The van der Waals surface area contributed by atoms with Crippen LogP contribution >= 0.6 is 0 Å². The zero-order chi connectivity index (χ0) is 17.8. The van der Waals surface area contributed by atoms with E-state index in [2.05, 4.69) is 5.92 Å². The highest BCUT2D eigenvalue weighted by atomic mass is 16.6. The Kier molecular flexibility index (Phi) is 8.35. The van der Waals surface area contributed by atoms with Crippen molar-refractivity contribution < 1.29 is 19.1 Å². The van der Waals surface area contributed by atoms with Gasteiger partial charge in [0.1, 0.15) is 0 Å². The Hall–Kier alpha value is -2.54. The fraction of sp³-hybridized carbons (Fsp3) is 0.400. The highest BCUT2D eigenvalue weighted by Crippen LogP contribution is 2.33. The minimum absolute atomic E-state index is 0.182. The summed E-state index contributed by atoms with van der Waals surface area (Å²) < 4.78 is 10.3. The Labute approximate surface area is 143 Å². The summed E-state index contributed by atoms with van der Waals surface area (Å²) in [4.78, 5) is 25.0. The van der Waals surface area contributed by atoms with E-state index in [4.69, 9.17) is 15.9 Å². The summed E-state index contributed by atoms with van der Waals surface area (Å²) in [6.45, 7) is 3.79. The lowest BCUT2D eigenvalue weighted by Crippen LogP contribution is -2.42. The van der Waals surface area contributed by atoms with Crippen LogP contribution in [0.25, 0.3) is 6.08 Å². The molecule has 24 heavy (non-hydrogen) atoms. The summed E-state index contributed by atoms with van der Waals surface area (Å²) in [5.74, 6) is 1.31. The van der Waals surface area contributed by atoms with Gasteiger partial charge in [0.05, 0.1) is 13.2 Å². The first-order chi connectivity index (χ1) is 11.6. The largest absolute Gasteiger partial charge is 0.465 e. The first-order valence-electron chi connectivity index (χ1n) is 8.10. The fourth-order valence-electron chi connectivity index (χ4n) is 2.34. The van der Waals surface area contributed by atoms with Gasteiger partial charge in [0.15, 0.2) is 5.41 Å². The van der Waals surface area contributed by atoms with Crippen molar-refractivity contribution in [1.82, 2.24) is 0 Å². The molecule has 0 spiro atoms. The molecule has 0 saturated heterocycles. The summed E-state index contributed by atoms with van der Waals surface area (Å²) >= 11 is 0. The predicted octanol–water partition coefficient (Wildman–Crippen LogP) is 3.62. The molecule has 0 aliphatic carbocycles. The molecule has 4 heteroatoms. The van der Waals surface area contributed by atoms with E-state index in [1.54, 1.807) is 19.9 Å². The molecule has 0 aliphatic heterocycles. The smallest absolute Gasteiger partial charge is 0.323 e. The number of allylic oxidation sites excluding steroid dienone is 1. The molecule has 0 N–H and O–H groups in total. The lowest BCUT2D eigenvalue weighted by atomic mass is 9.79. The topological polar surface area (TPSA) is 52.6 Å². The molecule has 1 aromatic carbocycles. The van der Waals surface area contributed by atoms with Crippen molar-refractivity contribution in [3.63, 3.8) is 0 Å². The molecular weight excluding hydrogens is 304 g/mol. The number of ether oxygens (including phenoxy) is 2. The van der Waals surface area contributed by atoms with Crippen LogP contribution in [0.4, 0.5) is 0 Å². The summed E-state index contributed by atoms with van der Waals surface area (Å²) in [5, 5.41) is 0. The Balaban J connectivity index is 3.08. The average Bonchev–Trinajstić information content (AvgIpc) is 2.59. The van der Waals surface area contributed by atoms with Crippen molar-refractivity contribution in [3.8, 4) is 12.3 Å². The van der Waals surface area contributed by atoms with Crippen LogP contribution in [-0.2, 0) is 19.1 Å². The number of hydrogen-bond acceptors (Lipinski definition) is 4. The molecule has 0 unspecified atom stereocenters. The standard InChI is InChI=1S/C20H24O4/c1-4-7-15-20(18(21)23-5-2,19(22)24-6-3)16-11-14-17-12-9-8-10-13-17/h1,8-14H,5-7,15-16H2,2-3H3/b14-11+. The highest BCUT2D eigenvalue weighted by Gasteiger charge is 2.47. The zero-order valence-corrected chi connectivity index (χ0v) is 14.3. The quantitative estimate of drug-likeness (QED) is 0.395. The summed E-state index contributed by atoms with van der Waals surface area (Å²) in [7, 11) is 0.